The van der Waals surface area contributed by atoms with Crippen LogP contribution in [0.5, 0.6) is 0 Å². The predicted molar refractivity (Wildman–Crippen MR) is 92.2 cm³/mol. The van der Waals surface area contributed by atoms with Crippen LogP contribution in [0.1, 0.15) is 64.7 Å². The monoisotopic (exact) mass is 322 g/mol. The molecule has 0 bridgehead atoms. The highest BCUT2D eigenvalue weighted by Crippen LogP contribution is 2.30. The van der Waals surface area contributed by atoms with Gasteiger partial charge in [0.2, 0.25) is 5.91 Å². The van der Waals surface area contributed by atoms with E-state index in [0.717, 1.165) is 77.2 Å². The second-order valence-corrected chi connectivity index (χ2v) is 8.34. The Morgan fingerprint density at radius 1 is 1.00 bits per heavy atom. The van der Waals surface area contributed by atoms with Gasteiger partial charge in [-0.1, -0.05) is 26.2 Å². The Labute approximate surface area is 141 Å². The van der Waals surface area contributed by atoms with Crippen LogP contribution in [0.4, 0.5) is 0 Å². The predicted octanol–water partition coefficient (Wildman–Crippen LogP) is 2.65. The van der Waals surface area contributed by atoms with Crippen molar-refractivity contribution in [2.75, 3.05) is 32.7 Å². The van der Waals surface area contributed by atoms with Gasteiger partial charge < -0.3 is 14.9 Å². The maximum absolute atomic E-state index is 12.7. The lowest BCUT2D eigenvalue weighted by atomic mass is 9.83. The minimum absolute atomic E-state index is 0.223. The van der Waals surface area contributed by atoms with Gasteiger partial charge in [-0.05, 0) is 57.5 Å². The Hall–Kier alpha value is -0.610. The van der Waals surface area contributed by atoms with E-state index in [0.29, 0.717) is 5.91 Å². The first kappa shape index (κ1) is 17.2. The van der Waals surface area contributed by atoms with Crippen molar-refractivity contribution in [2.45, 2.75) is 70.3 Å². The van der Waals surface area contributed by atoms with E-state index in [4.69, 9.17) is 0 Å². The van der Waals surface area contributed by atoms with E-state index in [-0.39, 0.29) is 5.92 Å². The molecular weight excluding hydrogens is 288 g/mol. The van der Waals surface area contributed by atoms with Crippen LogP contribution in [0.15, 0.2) is 0 Å². The van der Waals surface area contributed by atoms with Crippen molar-refractivity contribution in [1.82, 2.24) is 9.80 Å². The quantitative estimate of drug-likeness (QED) is 0.869. The molecule has 23 heavy (non-hydrogen) atoms. The molecule has 3 fully saturated rings. The standard InChI is InChI=1S/C19H34N2O2/c1-16-5-13-21(14-6-16)18(22)17-7-11-20(12-8-17)15-19(23)9-3-2-4-10-19/h16-17,23H,2-15H2,1H3. The molecule has 0 atom stereocenters. The molecular formula is C19H34N2O2. The Morgan fingerprint density at radius 3 is 2.22 bits per heavy atom. The van der Waals surface area contributed by atoms with Gasteiger partial charge in [0.1, 0.15) is 0 Å². The lowest BCUT2D eigenvalue weighted by Gasteiger charge is -2.41. The van der Waals surface area contributed by atoms with E-state index in [1.165, 1.54) is 19.3 Å². The van der Waals surface area contributed by atoms with Crippen LogP contribution >= 0.6 is 0 Å². The van der Waals surface area contributed by atoms with Gasteiger partial charge in [0, 0.05) is 25.6 Å². The third-order valence-electron chi connectivity index (χ3n) is 6.33. The van der Waals surface area contributed by atoms with Crippen molar-refractivity contribution in [3.8, 4) is 0 Å². The van der Waals surface area contributed by atoms with Gasteiger partial charge in [0.25, 0.3) is 0 Å². The SMILES string of the molecule is CC1CCN(C(=O)C2CCN(CC3(O)CCCCC3)CC2)CC1. The number of carbonyl (C=O) groups excluding carboxylic acids is 1. The summed E-state index contributed by atoms with van der Waals surface area (Å²) in [6.45, 7) is 6.97. The summed E-state index contributed by atoms with van der Waals surface area (Å²) in [5.41, 5.74) is -0.460. The van der Waals surface area contributed by atoms with Crippen molar-refractivity contribution >= 4 is 5.91 Å². The highest BCUT2D eigenvalue weighted by atomic mass is 16.3. The molecule has 2 aliphatic heterocycles. The summed E-state index contributed by atoms with van der Waals surface area (Å²) in [6.07, 6.45) is 9.79. The second kappa shape index (κ2) is 7.52. The molecule has 0 unspecified atom stereocenters. The highest BCUT2D eigenvalue weighted by Gasteiger charge is 2.35. The number of amides is 1. The average Bonchev–Trinajstić information content (AvgIpc) is 2.56. The molecule has 3 aliphatic rings. The second-order valence-electron chi connectivity index (χ2n) is 8.34. The Kier molecular flexibility index (Phi) is 5.63. The van der Waals surface area contributed by atoms with Gasteiger partial charge in [-0.2, -0.15) is 0 Å². The third-order valence-corrected chi connectivity index (χ3v) is 6.33. The molecule has 3 rings (SSSR count). The number of aliphatic hydroxyl groups is 1. The maximum Gasteiger partial charge on any atom is 0.225 e. The molecule has 1 saturated carbocycles. The minimum atomic E-state index is -0.460. The van der Waals surface area contributed by atoms with Crippen LogP contribution in [-0.4, -0.2) is 59.1 Å². The Balaban J connectivity index is 1.43. The summed E-state index contributed by atoms with van der Waals surface area (Å²) >= 11 is 0. The number of hydrogen-bond acceptors (Lipinski definition) is 3. The highest BCUT2D eigenvalue weighted by molar-refractivity contribution is 5.79. The topological polar surface area (TPSA) is 43.8 Å². The fourth-order valence-corrected chi connectivity index (χ4v) is 4.61. The number of β-amino-alcohol motifs (C(OH)–C–C–N with tert-alkyl or cyclic N) is 1. The lowest BCUT2D eigenvalue weighted by molar-refractivity contribution is -0.138. The summed E-state index contributed by atoms with van der Waals surface area (Å²) in [4.78, 5) is 17.2. The third kappa shape index (κ3) is 4.48. The molecule has 2 heterocycles. The molecule has 0 aromatic heterocycles. The largest absolute Gasteiger partial charge is 0.389 e. The van der Waals surface area contributed by atoms with E-state index >= 15 is 0 Å². The van der Waals surface area contributed by atoms with E-state index in [1.54, 1.807) is 0 Å². The van der Waals surface area contributed by atoms with Crippen LogP contribution in [0.3, 0.4) is 0 Å². The van der Waals surface area contributed by atoms with Crippen molar-refractivity contribution in [3.05, 3.63) is 0 Å². The van der Waals surface area contributed by atoms with Crippen LogP contribution in [0.25, 0.3) is 0 Å². The maximum atomic E-state index is 12.7. The van der Waals surface area contributed by atoms with Gasteiger partial charge in [-0.15, -0.1) is 0 Å². The lowest BCUT2D eigenvalue weighted by Crippen LogP contribution is -2.49. The van der Waals surface area contributed by atoms with E-state index < -0.39 is 5.60 Å². The molecule has 0 aromatic rings. The molecule has 4 heteroatoms. The smallest absolute Gasteiger partial charge is 0.225 e. The summed E-state index contributed by atoms with van der Waals surface area (Å²) in [5.74, 6) is 1.39. The molecule has 1 N–H and O–H groups in total. The van der Waals surface area contributed by atoms with Gasteiger partial charge in [-0.25, -0.2) is 0 Å². The first-order chi connectivity index (χ1) is 11.1. The number of nitrogens with zero attached hydrogens (tertiary/aromatic N) is 2. The normalized spacial score (nSPS) is 28.0. The number of carbonyl (C=O) groups is 1. The molecule has 0 aromatic carbocycles. The van der Waals surface area contributed by atoms with Crippen LogP contribution < -0.4 is 0 Å². The molecule has 132 valence electrons. The van der Waals surface area contributed by atoms with E-state index in [9.17, 15) is 9.90 Å². The summed E-state index contributed by atoms with van der Waals surface area (Å²) in [6, 6.07) is 0. The summed E-state index contributed by atoms with van der Waals surface area (Å²) < 4.78 is 0. The van der Waals surface area contributed by atoms with Crippen LogP contribution in [-0.2, 0) is 4.79 Å². The van der Waals surface area contributed by atoms with Gasteiger partial charge in [0.15, 0.2) is 0 Å². The molecule has 1 aliphatic carbocycles. The molecule has 1 amide bonds. The van der Waals surface area contributed by atoms with Crippen molar-refractivity contribution in [1.29, 1.82) is 0 Å². The summed E-state index contributed by atoms with van der Waals surface area (Å²) in [7, 11) is 0. The Bertz CT molecular complexity index is 390. The van der Waals surface area contributed by atoms with E-state index in [2.05, 4.69) is 16.7 Å². The average molecular weight is 322 g/mol. The van der Waals surface area contributed by atoms with Gasteiger partial charge in [-0.3, -0.25) is 4.79 Å². The zero-order valence-electron chi connectivity index (χ0n) is 14.8. The van der Waals surface area contributed by atoms with Crippen LogP contribution in [0, 0.1) is 11.8 Å². The molecule has 4 nitrogen and oxygen atoms in total. The number of piperidine rings is 2. The van der Waals surface area contributed by atoms with Crippen molar-refractivity contribution in [3.63, 3.8) is 0 Å². The first-order valence-corrected chi connectivity index (χ1v) is 9.79. The van der Waals surface area contributed by atoms with Gasteiger partial charge >= 0.3 is 0 Å². The number of rotatable bonds is 3. The number of hydrogen-bond donors (Lipinski definition) is 1. The zero-order valence-corrected chi connectivity index (χ0v) is 14.8. The summed E-state index contributed by atoms with van der Waals surface area (Å²) in [5, 5.41) is 10.7. The van der Waals surface area contributed by atoms with Crippen LogP contribution in [0.2, 0.25) is 0 Å². The molecule has 0 radical (unpaired) electrons. The molecule has 2 saturated heterocycles. The van der Waals surface area contributed by atoms with Gasteiger partial charge in [0.05, 0.1) is 5.60 Å². The zero-order chi connectivity index (χ0) is 16.3. The fraction of sp³-hybridized carbons (Fsp3) is 0.947. The van der Waals surface area contributed by atoms with Crippen molar-refractivity contribution < 1.29 is 9.90 Å². The number of likely N-dealkylation sites (tertiary alicyclic amines) is 2. The Morgan fingerprint density at radius 2 is 1.61 bits per heavy atom. The van der Waals surface area contributed by atoms with E-state index in [1.807, 2.05) is 0 Å². The molecule has 0 spiro atoms. The van der Waals surface area contributed by atoms with Crippen molar-refractivity contribution in [2.24, 2.45) is 11.8 Å². The first-order valence-electron chi connectivity index (χ1n) is 9.79. The minimum Gasteiger partial charge on any atom is -0.389 e. The fourth-order valence-electron chi connectivity index (χ4n) is 4.61.